The zero-order valence-corrected chi connectivity index (χ0v) is 9.59. The highest BCUT2D eigenvalue weighted by Crippen LogP contribution is 2.28. The van der Waals surface area contributed by atoms with Crippen LogP contribution in [0, 0.1) is 6.92 Å². The first kappa shape index (κ1) is 11.0. The molecule has 0 spiro atoms. The van der Waals surface area contributed by atoms with Crippen molar-refractivity contribution in [1.29, 1.82) is 0 Å². The number of methoxy groups -OCH3 is 1. The molecule has 1 N–H and O–H groups in total. The van der Waals surface area contributed by atoms with Crippen LogP contribution in [0.15, 0.2) is 16.6 Å². The van der Waals surface area contributed by atoms with E-state index in [2.05, 4.69) is 15.9 Å². The van der Waals surface area contributed by atoms with Gasteiger partial charge in [0, 0.05) is 10.0 Å². The van der Waals surface area contributed by atoms with Crippen LogP contribution in [-0.4, -0.2) is 18.2 Å². The largest absolute Gasteiger partial charge is 0.496 e. The van der Waals surface area contributed by atoms with Crippen LogP contribution in [0.2, 0.25) is 0 Å². The number of carbonyl (C=O) groups is 1. The molecule has 14 heavy (non-hydrogen) atoms. The number of aliphatic carboxylic acids is 1. The van der Waals surface area contributed by atoms with Gasteiger partial charge in [-0.15, -0.1) is 0 Å². The van der Waals surface area contributed by atoms with Gasteiger partial charge in [0.05, 0.1) is 13.5 Å². The number of hydrogen-bond donors (Lipinski definition) is 1. The Hall–Kier alpha value is -1.03. The van der Waals surface area contributed by atoms with E-state index in [1.54, 1.807) is 6.07 Å². The fraction of sp³-hybridized carbons (Fsp3) is 0.300. The second kappa shape index (κ2) is 4.46. The number of halogens is 1. The van der Waals surface area contributed by atoms with E-state index in [0.29, 0.717) is 5.75 Å². The van der Waals surface area contributed by atoms with Crippen LogP contribution in [0.3, 0.4) is 0 Å². The van der Waals surface area contributed by atoms with E-state index < -0.39 is 5.97 Å². The summed E-state index contributed by atoms with van der Waals surface area (Å²) in [7, 11) is 1.54. The fourth-order valence-corrected chi connectivity index (χ4v) is 1.64. The molecule has 0 amide bonds. The van der Waals surface area contributed by atoms with Gasteiger partial charge in [-0.3, -0.25) is 4.79 Å². The third-order valence-electron chi connectivity index (χ3n) is 2.04. The van der Waals surface area contributed by atoms with Gasteiger partial charge in [0.15, 0.2) is 0 Å². The average molecular weight is 259 g/mol. The second-order valence-corrected chi connectivity index (χ2v) is 3.78. The zero-order valence-electron chi connectivity index (χ0n) is 8.00. The maximum absolute atomic E-state index is 10.6. The van der Waals surface area contributed by atoms with E-state index in [9.17, 15) is 4.79 Å². The maximum Gasteiger partial charge on any atom is 0.307 e. The number of hydrogen-bond acceptors (Lipinski definition) is 2. The minimum Gasteiger partial charge on any atom is -0.496 e. The van der Waals surface area contributed by atoms with E-state index in [-0.39, 0.29) is 6.42 Å². The lowest BCUT2D eigenvalue weighted by Crippen LogP contribution is -2.04. The third kappa shape index (κ3) is 2.26. The van der Waals surface area contributed by atoms with Crippen molar-refractivity contribution in [3.63, 3.8) is 0 Å². The average Bonchev–Trinajstić information content (AvgIpc) is 2.13. The van der Waals surface area contributed by atoms with Crippen LogP contribution in [0.5, 0.6) is 5.75 Å². The molecule has 0 aromatic heterocycles. The molecule has 1 aromatic carbocycles. The van der Waals surface area contributed by atoms with Crippen LogP contribution in [0.1, 0.15) is 11.1 Å². The molecule has 1 aromatic rings. The molecule has 76 valence electrons. The quantitative estimate of drug-likeness (QED) is 0.906. The zero-order chi connectivity index (χ0) is 10.7. The molecule has 4 heteroatoms. The Morgan fingerprint density at radius 1 is 1.57 bits per heavy atom. The molecule has 0 aliphatic heterocycles. The summed E-state index contributed by atoms with van der Waals surface area (Å²) in [6.45, 7) is 1.87. The van der Waals surface area contributed by atoms with Crippen molar-refractivity contribution < 1.29 is 14.6 Å². The standard InChI is InChI=1S/C10H11BrO3/c1-6-7(5-10(12)13)9(14-2)4-3-8(6)11/h3-4H,5H2,1-2H3,(H,12,13). The van der Waals surface area contributed by atoms with Gasteiger partial charge in [-0.25, -0.2) is 0 Å². The molecule has 0 radical (unpaired) electrons. The number of carboxylic acid groups (broad SMARTS) is 1. The molecule has 0 heterocycles. The van der Waals surface area contributed by atoms with Crippen molar-refractivity contribution in [3.05, 3.63) is 27.7 Å². The van der Waals surface area contributed by atoms with Gasteiger partial charge < -0.3 is 9.84 Å². The second-order valence-electron chi connectivity index (χ2n) is 2.92. The van der Waals surface area contributed by atoms with E-state index in [4.69, 9.17) is 9.84 Å². The molecule has 0 aliphatic carbocycles. The number of benzene rings is 1. The minimum atomic E-state index is -0.857. The Labute approximate surface area is 90.8 Å². The summed E-state index contributed by atoms with van der Waals surface area (Å²) >= 11 is 3.35. The number of ether oxygens (including phenoxy) is 1. The van der Waals surface area contributed by atoms with E-state index in [1.165, 1.54) is 7.11 Å². The van der Waals surface area contributed by atoms with Crippen LogP contribution in [0.4, 0.5) is 0 Å². The topological polar surface area (TPSA) is 46.5 Å². The van der Waals surface area contributed by atoms with Crippen molar-refractivity contribution in [2.75, 3.05) is 7.11 Å². The highest BCUT2D eigenvalue weighted by atomic mass is 79.9. The lowest BCUT2D eigenvalue weighted by Gasteiger charge is -2.10. The summed E-state index contributed by atoms with van der Waals surface area (Å²) in [5.74, 6) is -0.238. The molecular weight excluding hydrogens is 248 g/mol. The monoisotopic (exact) mass is 258 g/mol. The minimum absolute atomic E-state index is 0.0194. The summed E-state index contributed by atoms with van der Waals surface area (Å²) in [4.78, 5) is 10.6. The van der Waals surface area contributed by atoms with Crippen molar-refractivity contribution >= 4 is 21.9 Å². The van der Waals surface area contributed by atoms with Crippen LogP contribution >= 0.6 is 15.9 Å². The predicted octanol–water partition coefficient (Wildman–Crippen LogP) is 2.39. The summed E-state index contributed by atoms with van der Waals surface area (Å²) < 4.78 is 6.00. The van der Waals surface area contributed by atoms with Crippen LogP contribution in [0.25, 0.3) is 0 Å². The third-order valence-corrected chi connectivity index (χ3v) is 2.90. The molecule has 0 unspecified atom stereocenters. The Morgan fingerprint density at radius 3 is 2.71 bits per heavy atom. The van der Waals surface area contributed by atoms with Gasteiger partial charge >= 0.3 is 5.97 Å². The molecular formula is C10H11BrO3. The smallest absolute Gasteiger partial charge is 0.307 e. The predicted molar refractivity (Wildman–Crippen MR) is 56.8 cm³/mol. The maximum atomic E-state index is 10.6. The molecule has 0 fully saturated rings. The number of rotatable bonds is 3. The van der Waals surface area contributed by atoms with Crippen molar-refractivity contribution in [1.82, 2.24) is 0 Å². The molecule has 0 saturated carbocycles. The summed E-state index contributed by atoms with van der Waals surface area (Å²) in [5, 5.41) is 8.73. The van der Waals surface area contributed by atoms with Gasteiger partial charge in [-0.2, -0.15) is 0 Å². The van der Waals surface area contributed by atoms with E-state index in [1.807, 2.05) is 13.0 Å². The number of carboxylic acids is 1. The fourth-order valence-electron chi connectivity index (χ4n) is 1.27. The Bertz CT molecular complexity index is 361. The van der Waals surface area contributed by atoms with Crippen molar-refractivity contribution in [2.45, 2.75) is 13.3 Å². The van der Waals surface area contributed by atoms with E-state index >= 15 is 0 Å². The lowest BCUT2D eigenvalue weighted by molar-refractivity contribution is -0.136. The SMILES string of the molecule is COc1ccc(Br)c(C)c1CC(=O)O. The first-order valence-corrected chi connectivity index (χ1v) is 4.89. The molecule has 0 bridgehead atoms. The van der Waals surface area contributed by atoms with Crippen LogP contribution < -0.4 is 4.74 Å². The van der Waals surface area contributed by atoms with Gasteiger partial charge in [0.25, 0.3) is 0 Å². The Balaban J connectivity index is 3.20. The first-order valence-electron chi connectivity index (χ1n) is 4.10. The molecule has 1 rings (SSSR count). The molecule has 0 atom stereocenters. The molecule has 0 aliphatic rings. The van der Waals surface area contributed by atoms with Crippen molar-refractivity contribution in [3.8, 4) is 5.75 Å². The highest BCUT2D eigenvalue weighted by Gasteiger charge is 2.12. The summed E-state index contributed by atoms with van der Waals surface area (Å²) in [6, 6.07) is 3.61. The van der Waals surface area contributed by atoms with Gasteiger partial charge in [0.2, 0.25) is 0 Å². The van der Waals surface area contributed by atoms with Crippen LogP contribution in [-0.2, 0) is 11.2 Å². The molecule has 0 saturated heterocycles. The first-order chi connectivity index (χ1) is 6.56. The van der Waals surface area contributed by atoms with Gasteiger partial charge in [0.1, 0.15) is 5.75 Å². The van der Waals surface area contributed by atoms with Crippen molar-refractivity contribution in [2.24, 2.45) is 0 Å². The highest BCUT2D eigenvalue weighted by molar-refractivity contribution is 9.10. The summed E-state index contributed by atoms with van der Waals surface area (Å²) in [6.07, 6.45) is -0.0194. The Kier molecular flexibility index (Phi) is 3.52. The summed E-state index contributed by atoms with van der Waals surface area (Å²) in [5.41, 5.74) is 1.63. The normalized spacial score (nSPS) is 9.93. The lowest BCUT2D eigenvalue weighted by atomic mass is 10.0. The molecule has 3 nitrogen and oxygen atoms in total. The van der Waals surface area contributed by atoms with Gasteiger partial charge in [-0.05, 0) is 24.6 Å². The van der Waals surface area contributed by atoms with Gasteiger partial charge in [-0.1, -0.05) is 15.9 Å². The Morgan fingerprint density at radius 2 is 2.21 bits per heavy atom. The van der Waals surface area contributed by atoms with E-state index in [0.717, 1.165) is 15.6 Å².